The van der Waals surface area contributed by atoms with Crippen LogP contribution in [-0.4, -0.2) is 29.8 Å². The van der Waals surface area contributed by atoms with E-state index >= 15 is 0 Å². The van der Waals surface area contributed by atoms with Gasteiger partial charge in [-0.15, -0.1) is 0 Å². The molecular formula is C12H11NO4. The average molecular weight is 233 g/mol. The molecule has 1 aromatic carbocycles. The molecular weight excluding hydrogens is 222 g/mol. The predicted molar refractivity (Wildman–Crippen MR) is 60.1 cm³/mol. The molecule has 0 aliphatic carbocycles. The second-order valence-electron chi connectivity index (χ2n) is 3.93. The van der Waals surface area contributed by atoms with Crippen LogP contribution in [0.2, 0.25) is 0 Å². The molecule has 88 valence electrons. The molecule has 0 fully saturated rings. The molecule has 0 saturated carbocycles. The van der Waals surface area contributed by atoms with Crippen molar-refractivity contribution in [1.82, 2.24) is 0 Å². The lowest BCUT2D eigenvalue weighted by Gasteiger charge is -2.25. The third kappa shape index (κ3) is 1.91. The van der Waals surface area contributed by atoms with Crippen LogP contribution in [0.25, 0.3) is 0 Å². The van der Waals surface area contributed by atoms with Gasteiger partial charge >= 0.3 is 5.97 Å². The molecule has 0 aromatic heterocycles. The first-order valence-corrected chi connectivity index (χ1v) is 5.18. The Morgan fingerprint density at radius 2 is 2.00 bits per heavy atom. The maximum Gasteiger partial charge on any atom is 0.377 e. The highest BCUT2D eigenvalue weighted by molar-refractivity contribution is 6.40. The second-order valence-corrected chi connectivity index (χ2v) is 3.93. The summed E-state index contributed by atoms with van der Waals surface area (Å²) in [6.07, 6.45) is 1.07. The van der Waals surface area contributed by atoms with Gasteiger partial charge in [-0.3, -0.25) is 9.59 Å². The average Bonchev–Trinajstić information content (AvgIpc) is 2.32. The highest BCUT2D eigenvalue weighted by Crippen LogP contribution is 2.27. The molecule has 0 unspecified atom stereocenters. The minimum absolute atomic E-state index is 0.0302. The number of fused-ring (bicyclic) bond motifs is 1. The van der Waals surface area contributed by atoms with Gasteiger partial charge in [0.25, 0.3) is 5.78 Å². The van der Waals surface area contributed by atoms with E-state index in [1.807, 2.05) is 0 Å². The van der Waals surface area contributed by atoms with Gasteiger partial charge in [0.05, 0.1) is 0 Å². The number of Topliss-reactive ketones (excluding diaryl/α,β-unsaturated/α-hetero) is 1. The summed E-state index contributed by atoms with van der Waals surface area (Å²) in [6, 6.07) is 4.65. The van der Waals surface area contributed by atoms with Crippen LogP contribution in [0.3, 0.4) is 0 Å². The molecule has 1 N–H and O–H groups in total. The Hall–Kier alpha value is -2.17. The lowest BCUT2D eigenvalue weighted by Crippen LogP contribution is -2.31. The second kappa shape index (κ2) is 4.01. The summed E-state index contributed by atoms with van der Waals surface area (Å²) in [5.74, 6) is -2.48. The van der Waals surface area contributed by atoms with Crippen molar-refractivity contribution in [3.63, 3.8) is 0 Å². The van der Waals surface area contributed by atoms with Crippen molar-refractivity contribution in [2.24, 2.45) is 0 Å². The van der Waals surface area contributed by atoms with E-state index in [0.717, 1.165) is 5.56 Å². The highest BCUT2D eigenvalue weighted by atomic mass is 16.4. The van der Waals surface area contributed by atoms with Gasteiger partial charge in [-0.25, -0.2) is 4.79 Å². The quantitative estimate of drug-likeness (QED) is 0.607. The number of aliphatic carboxylic acids is 1. The van der Waals surface area contributed by atoms with E-state index in [2.05, 4.69) is 0 Å². The molecule has 1 amide bonds. The SMILES string of the molecule is CN1C(=O)CCc2ccc(C(=O)C(=O)O)cc21. The minimum atomic E-state index is -1.49. The number of hydrogen-bond acceptors (Lipinski definition) is 3. The summed E-state index contributed by atoms with van der Waals surface area (Å²) >= 11 is 0. The molecule has 1 aliphatic heterocycles. The van der Waals surface area contributed by atoms with Crippen LogP contribution in [-0.2, 0) is 16.0 Å². The molecule has 1 aromatic rings. The summed E-state index contributed by atoms with van der Waals surface area (Å²) in [4.78, 5) is 34.9. The van der Waals surface area contributed by atoms with E-state index in [-0.39, 0.29) is 11.5 Å². The first-order chi connectivity index (χ1) is 8.00. The Bertz CT molecular complexity index is 521. The molecule has 0 radical (unpaired) electrons. The lowest BCUT2D eigenvalue weighted by molar-refractivity contribution is -0.131. The topological polar surface area (TPSA) is 74.7 Å². The molecule has 1 heterocycles. The van der Waals surface area contributed by atoms with Gasteiger partial charge < -0.3 is 10.0 Å². The van der Waals surface area contributed by atoms with Crippen molar-refractivity contribution in [1.29, 1.82) is 0 Å². The molecule has 5 nitrogen and oxygen atoms in total. The molecule has 5 heteroatoms. The third-order valence-corrected chi connectivity index (χ3v) is 2.89. The van der Waals surface area contributed by atoms with Crippen molar-refractivity contribution in [2.45, 2.75) is 12.8 Å². The first-order valence-electron chi connectivity index (χ1n) is 5.18. The fraction of sp³-hybridized carbons (Fsp3) is 0.250. The minimum Gasteiger partial charge on any atom is -0.475 e. The molecule has 2 rings (SSSR count). The van der Waals surface area contributed by atoms with E-state index < -0.39 is 11.8 Å². The Labute approximate surface area is 97.7 Å². The normalized spacial score (nSPS) is 14.4. The number of rotatable bonds is 2. The zero-order valence-electron chi connectivity index (χ0n) is 9.27. The van der Waals surface area contributed by atoms with Crippen molar-refractivity contribution in [2.75, 3.05) is 11.9 Å². The maximum atomic E-state index is 11.5. The first kappa shape index (κ1) is 11.3. The molecule has 1 aliphatic rings. The van der Waals surface area contributed by atoms with Gasteiger partial charge in [0, 0.05) is 24.7 Å². The Morgan fingerprint density at radius 1 is 1.29 bits per heavy atom. The van der Waals surface area contributed by atoms with Crippen LogP contribution < -0.4 is 4.90 Å². The van der Waals surface area contributed by atoms with Crippen LogP contribution in [0.1, 0.15) is 22.3 Å². The van der Waals surface area contributed by atoms with Crippen molar-refractivity contribution in [3.05, 3.63) is 29.3 Å². The number of hydrogen-bond donors (Lipinski definition) is 1. The number of ketones is 1. The number of nitrogens with zero attached hydrogens (tertiary/aromatic N) is 1. The molecule has 0 saturated heterocycles. The summed E-state index contributed by atoms with van der Waals surface area (Å²) in [7, 11) is 1.62. The van der Waals surface area contributed by atoms with Gasteiger partial charge in [0.15, 0.2) is 0 Å². The molecule has 17 heavy (non-hydrogen) atoms. The Kier molecular flexibility index (Phi) is 2.67. The number of carbonyl (C=O) groups is 3. The van der Waals surface area contributed by atoms with Gasteiger partial charge in [0.2, 0.25) is 5.91 Å². The smallest absolute Gasteiger partial charge is 0.377 e. The van der Waals surface area contributed by atoms with Crippen molar-refractivity contribution >= 4 is 23.3 Å². The van der Waals surface area contributed by atoms with Crippen LogP contribution in [0.5, 0.6) is 0 Å². The number of carboxylic acids is 1. The predicted octanol–water partition coefficient (Wildman–Crippen LogP) is 0.863. The standard InChI is InChI=1S/C12H11NO4/c1-13-9-6-8(11(15)12(16)17)3-2-7(9)4-5-10(13)14/h2-3,6H,4-5H2,1H3,(H,16,17). The molecule has 0 bridgehead atoms. The highest BCUT2D eigenvalue weighted by Gasteiger charge is 2.23. The van der Waals surface area contributed by atoms with Gasteiger partial charge in [-0.05, 0) is 18.1 Å². The molecule has 0 atom stereocenters. The zero-order chi connectivity index (χ0) is 12.6. The van der Waals surface area contributed by atoms with Crippen LogP contribution in [0.15, 0.2) is 18.2 Å². The summed E-state index contributed by atoms with van der Waals surface area (Å²) in [5.41, 5.74) is 1.67. The van der Waals surface area contributed by atoms with E-state index in [1.54, 1.807) is 13.1 Å². The monoisotopic (exact) mass is 233 g/mol. The van der Waals surface area contributed by atoms with Gasteiger partial charge in [0.1, 0.15) is 0 Å². The number of amides is 1. The molecule has 0 spiro atoms. The fourth-order valence-electron chi connectivity index (χ4n) is 1.90. The van der Waals surface area contributed by atoms with Gasteiger partial charge in [-0.1, -0.05) is 12.1 Å². The van der Waals surface area contributed by atoms with E-state index in [9.17, 15) is 14.4 Å². The Balaban J connectivity index is 2.46. The summed E-state index contributed by atoms with van der Waals surface area (Å²) < 4.78 is 0. The van der Waals surface area contributed by atoms with E-state index in [1.165, 1.54) is 17.0 Å². The van der Waals surface area contributed by atoms with Crippen LogP contribution in [0.4, 0.5) is 5.69 Å². The number of anilines is 1. The number of carboxylic acid groups (broad SMARTS) is 1. The lowest BCUT2D eigenvalue weighted by atomic mass is 9.98. The summed E-state index contributed by atoms with van der Waals surface area (Å²) in [5, 5.41) is 8.63. The fourth-order valence-corrected chi connectivity index (χ4v) is 1.90. The van der Waals surface area contributed by atoms with Crippen molar-refractivity contribution in [3.8, 4) is 0 Å². The van der Waals surface area contributed by atoms with Gasteiger partial charge in [-0.2, -0.15) is 0 Å². The van der Waals surface area contributed by atoms with Crippen LogP contribution in [0, 0.1) is 0 Å². The number of benzene rings is 1. The van der Waals surface area contributed by atoms with Crippen molar-refractivity contribution < 1.29 is 19.5 Å². The largest absolute Gasteiger partial charge is 0.475 e. The van der Waals surface area contributed by atoms with E-state index in [0.29, 0.717) is 18.5 Å². The summed E-state index contributed by atoms with van der Waals surface area (Å²) in [6.45, 7) is 0. The third-order valence-electron chi connectivity index (χ3n) is 2.89. The maximum absolute atomic E-state index is 11.5. The van der Waals surface area contributed by atoms with E-state index in [4.69, 9.17) is 5.11 Å². The Morgan fingerprint density at radius 3 is 2.65 bits per heavy atom. The number of carbonyl (C=O) groups excluding carboxylic acids is 2. The zero-order valence-corrected chi connectivity index (χ0v) is 9.27. The van der Waals surface area contributed by atoms with Crippen LogP contribution >= 0.6 is 0 Å². The number of aryl methyl sites for hydroxylation is 1.